The molecule has 118 valence electrons. The van der Waals surface area contributed by atoms with Gasteiger partial charge in [-0.15, -0.1) is 0 Å². The summed E-state index contributed by atoms with van der Waals surface area (Å²) in [6.45, 7) is 2.56. The lowest BCUT2D eigenvalue weighted by Gasteiger charge is -2.09. The minimum absolute atomic E-state index is 0.137. The number of halogens is 1. The predicted molar refractivity (Wildman–Crippen MR) is 83.5 cm³/mol. The minimum Gasteiger partial charge on any atom is -0.494 e. The van der Waals surface area contributed by atoms with E-state index in [-0.39, 0.29) is 17.9 Å². The van der Waals surface area contributed by atoms with Crippen molar-refractivity contribution in [3.63, 3.8) is 0 Å². The summed E-state index contributed by atoms with van der Waals surface area (Å²) in [6, 6.07) is 13.0. The number of hydrogen-bond acceptors (Lipinski definition) is 3. The Kier molecular flexibility index (Phi) is 5.51. The molecule has 1 N–H and O–H groups in total. The molecule has 0 fully saturated rings. The predicted octanol–water partition coefficient (Wildman–Crippen LogP) is 2.84. The third-order valence-electron chi connectivity index (χ3n) is 3.01. The van der Waals surface area contributed by atoms with Gasteiger partial charge in [-0.3, -0.25) is 0 Å². The molecule has 0 amide bonds. The second kappa shape index (κ2) is 7.38. The van der Waals surface area contributed by atoms with Crippen molar-refractivity contribution in [3.8, 4) is 5.75 Å². The molecule has 0 unspecified atom stereocenters. The van der Waals surface area contributed by atoms with Crippen LogP contribution in [0.1, 0.15) is 18.1 Å². The maximum absolute atomic E-state index is 13.5. The topological polar surface area (TPSA) is 55.4 Å². The van der Waals surface area contributed by atoms with Crippen LogP contribution in [0.5, 0.6) is 5.75 Å². The number of nitrogens with one attached hydrogen (secondary N) is 1. The molecule has 0 atom stereocenters. The van der Waals surface area contributed by atoms with Crippen LogP contribution < -0.4 is 9.46 Å². The van der Waals surface area contributed by atoms with Crippen LogP contribution in [-0.2, 0) is 22.3 Å². The molecule has 0 saturated carbocycles. The van der Waals surface area contributed by atoms with Crippen molar-refractivity contribution in [1.29, 1.82) is 0 Å². The molecule has 2 aromatic rings. The van der Waals surface area contributed by atoms with E-state index in [0.717, 1.165) is 5.56 Å². The van der Waals surface area contributed by atoms with Crippen molar-refractivity contribution in [2.75, 3.05) is 6.61 Å². The zero-order valence-corrected chi connectivity index (χ0v) is 13.1. The summed E-state index contributed by atoms with van der Waals surface area (Å²) in [5.41, 5.74) is 0.932. The van der Waals surface area contributed by atoms with Crippen LogP contribution in [-0.4, -0.2) is 15.0 Å². The van der Waals surface area contributed by atoms with Gasteiger partial charge in [0.15, 0.2) is 0 Å². The standard InChI is InChI=1S/C16H18FNO3S/c1-2-21-15-8-5-6-13(10-15)11-18-22(19,20)12-14-7-3-4-9-16(14)17/h3-10,18H,2,11-12H2,1H3. The lowest BCUT2D eigenvalue weighted by molar-refractivity contribution is 0.340. The van der Waals surface area contributed by atoms with Crippen molar-refractivity contribution in [3.05, 3.63) is 65.5 Å². The van der Waals surface area contributed by atoms with Crippen LogP contribution in [0.4, 0.5) is 4.39 Å². The Morgan fingerprint density at radius 1 is 1.14 bits per heavy atom. The molecule has 0 spiro atoms. The Morgan fingerprint density at radius 2 is 1.91 bits per heavy atom. The summed E-state index contributed by atoms with van der Waals surface area (Å²) in [5.74, 6) is -0.218. The van der Waals surface area contributed by atoms with Crippen LogP contribution in [0.2, 0.25) is 0 Å². The van der Waals surface area contributed by atoms with Gasteiger partial charge < -0.3 is 4.74 Å². The molecule has 0 aliphatic rings. The zero-order chi connectivity index (χ0) is 16.0. The summed E-state index contributed by atoms with van der Waals surface area (Å²) in [5, 5.41) is 0. The summed E-state index contributed by atoms with van der Waals surface area (Å²) in [7, 11) is -3.61. The van der Waals surface area contributed by atoms with Gasteiger partial charge in [-0.2, -0.15) is 0 Å². The van der Waals surface area contributed by atoms with Crippen molar-refractivity contribution < 1.29 is 17.5 Å². The highest BCUT2D eigenvalue weighted by Gasteiger charge is 2.14. The van der Waals surface area contributed by atoms with Crippen molar-refractivity contribution in [2.24, 2.45) is 0 Å². The maximum atomic E-state index is 13.5. The van der Waals surface area contributed by atoms with E-state index in [0.29, 0.717) is 12.4 Å². The van der Waals surface area contributed by atoms with Crippen molar-refractivity contribution >= 4 is 10.0 Å². The van der Waals surface area contributed by atoms with Gasteiger partial charge in [-0.1, -0.05) is 30.3 Å². The Bertz CT molecular complexity index is 732. The van der Waals surface area contributed by atoms with Crippen LogP contribution in [0.3, 0.4) is 0 Å². The SMILES string of the molecule is CCOc1cccc(CNS(=O)(=O)Cc2ccccc2F)c1. The van der Waals surface area contributed by atoms with Crippen LogP contribution in [0.15, 0.2) is 48.5 Å². The van der Waals surface area contributed by atoms with E-state index in [1.807, 2.05) is 6.92 Å². The third-order valence-corrected chi connectivity index (χ3v) is 4.28. The fourth-order valence-corrected chi connectivity index (χ4v) is 3.11. The Labute approximate surface area is 130 Å². The average Bonchev–Trinajstić information content (AvgIpc) is 2.48. The number of rotatable bonds is 7. The highest BCUT2D eigenvalue weighted by atomic mass is 32.2. The van der Waals surface area contributed by atoms with E-state index in [4.69, 9.17) is 4.74 Å². The molecule has 0 heterocycles. The number of ether oxygens (including phenoxy) is 1. The normalized spacial score (nSPS) is 11.4. The first kappa shape index (κ1) is 16.5. The monoisotopic (exact) mass is 323 g/mol. The van der Waals surface area contributed by atoms with Gasteiger partial charge in [0.2, 0.25) is 10.0 Å². The van der Waals surface area contributed by atoms with Gasteiger partial charge in [0.05, 0.1) is 12.4 Å². The van der Waals surface area contributed by atoms with Gasteiger partial charge >= 0.3 is 0 Å². The Hall–Kier alpha value is -1.92. The van der Waals surface area contributed by atoms with Crippen LogP contribution in [0, 0.1) is 5.82 Å². The number of hydrogen-bond donors (Lipinski definition) is 1. The largest absolute Gasteiger partial charge is 0.494 e. The van der Waals surface area contributed by atoms with E-state index in [9.17, 15) is 12.8 Å². The Balaban J connectivity index is 2.01. The molecule has 0 aliphatic heterocycles. The second-order valence-electron chi connectivity index (χ2n) is 4.75. The minimum atomic E-state index is -3.61. The van der Waals surface area contributed by atoms with Gasteiger partial charge in [-0.25, -0.2) is 17.5 Å². The van der Waals surface area contributed by atoms with Gasteiger partial charge in [0, 0.05) is 12.1 Å². The summed E-state index contributed by atoms with van der Waals surface area (Å²) in [4.78, 5) is 0. The first-order chi connectivity index (χ1) is 10.5. The fraction of sp³-hybridized carbons (Fsp3) is 0.250. The number of sulfonamides is 1. The quantitative estimate of drug-likeness (QED) is 0.852. The van der Waals surface area contributed by atoms with Crippen LogP contribution >= 0.6 is 0 Å². The second-order valence-corrected chi connectivity index (χ2v) is 6.56. The highest BCUT2D eigenvalue weighted by Crippen LogP contribution is 2.14. The molecular weight excluding hydrogens is 305 g/mol. The Morgan fingerprint density at radius 3 is 2.64 bits per heavy atom. The molecule has 2 rings (SSSR count). The van der Waals surface area contributed by atoms with Gasteiger partial charge in [-0.05, 0) is 30.7 Å². The fourth-order valence-electron chi connectivity index (χ4n) is 1.98. The van der Waals surface area contributed by atoms with E-state index in [1.165, 1.54) is 18.2 Å². The highest BCUT2D eigenvalue weighted by molar-refractivity contribution is 7.88. The van der Waals surface area contributed by atoms with Gasteiger partial charge in [0.1, 0.15) is 11.6 Å². The average molecular weight is 323 g/mol. The molecular formula is C16H18FNO3S. The number of benzene rings is 2. The smallest absolute Gasteiger partial charge is 0.216 e. The van der Waals surface area contributed by atoms with E-state index in [1.54, 1.807) is 30.3 Å². The molecule has 0 aromatic heterocycles. The van der Waals surface area contributed by atoms with Gasteiger partial charge in [0.25, 0.3) is 0 Å². The van der Waals surface area contributed by atoms with Crippen molar-refractivity contribution in [2.45, 2.75) is 19.2 Å². The first-order valence-electron chi connectivity index (χ1n) is 6.92. The molecule has 0 radical (unpaired) electrons. The molecule has 6 heteroatoms. The molecule has 2 aromatic carbocycles. The molecule has 22 heavy (non-hydrogen) atoms. The van der Waals surface area contributed by atoms with Crippen LogP contribution in [0.25, 0.3) is 0 Å². The molecule has 0 aliphatic carbocycles. The third kappa shape index (κ3) is 4.82. The summed E-state index contributed by atoms with van der Waals surface area (Å²) >= 11 is 0. The molecule has 0 saturated heterocycles. The van der Waals surface area contributed by atoms with E-state index >= 15 is 0 Å². The lowest BCUT2D eigenvalue weighted by Crippen LogP contribution is -2.25. The van der Waals surface area contributed by atoms with E-state index in [2.05, 4.69) is 4.72 Å². The van der Waals surface area contributed by atoms with E-state index < -0.39 is 15.8 Å². The van der Waals surface area contributed by atoms with Crippen molar-refractivity contribution in [1.82, 2.24) is 4.72 Å². The molecule has 0 bridgehead atoms. The maximum Gasteiger partial charge on any atom is 0.216 e. The molecule has 4 nitrogen and oxygen atoms in total. The first-order valence-corrected chi connectivity index (χ1v) is 8.58. The summed E-state index contributed by atoms with van der Waals surface area (Å²) in [6.07, 6.45) is 0. The lowest BCUT2D eigenvalue weighted by atomic mass is 10.2. The zero-order valence-electron chi connectivity index (χ0n) is 12.3. The summed E-state index contributed by atoms with van der Waals surface area (Å²) < 4.78 is 45.4.